The highest BCUT2D eigenvalue weighted by molar-refractivity contribution is 7.89. The van der Waals surface area contributed by atoms with Crippen LogP contribution in [0.15, 0.2) is 35.2 Å². The molecular weight excluding hydrogens is 432 g/mol. The Morgan fingerprint density at radius 3 is 2.59 bits per heavy atom. The van der Waals surface area contributed by atoms with Crippen LogP contribution in [-0.2, 0) is 16.6 Å². The third kappa shape index (κ3) is 5.31. The van der Waals surface area contributed by atoms with Crippen LogP contribution >= 0.6 is 22.9 Å². The molecule has 1 aliphatic rings. The molecule has 1 amide bonds. The molecule has 0 saturated heterocycles. The molecule has 1 heterocycles. The molecule has 0 radical (unpaired) electrons. The zero-order valence-electron chi connectivity index (χ0n) is 16.5. The number of hydrogen-bond acceptors (Lipinski definition) is 5. The minimum atomic E-state index is -3.79. The molecule has 0 atom stereocenters. The predicted molar refractivity (Wildman–Crippen MR) is 115 cm³/mol. The number of thiophene rings is 1. The first kappa shape index (κ1) is 22.1. The number of hydrogen-bond donors (Lipinski definition) is 1. The van der Waals surface area contributed by atoms with Crippen molar-refractivity contribution in [2.75, 3.05) is 13.7 Å². The lowest BCUT2D eigenvalue weighted by Gasteiger charge is -2.21. The van der Waals surface area contributed by atoms with Gasteiger partial charge in [0.2, 0.25) is 10.0 Å². The number of benzene rings is 1. The fourth-order valence-corrected chi connectivity index (χ4v) is 6.08. The molecule has 0 aliphatic heterocycles. The molecule has 1 fully saturated rings. The van der Waals surface area contributed by atoms with Gasteiger partial charge in [0, 0.05) is 23.0 Å². The van der Waals surface area contributed by atoms with Gasteiger partial charge in [0.05, 0.1) is 18.0 Å². The van der Waals surface area contributed by atoms with E-state index in [0.717, 1.165) is 30.6 Å². The van der Waals surface area contributed by atoms with Crippen molar-refractivity contribution in [2.45, 2.75) is 50.1 Å². The van der Waals surface area contributed by atoms with E-state index in [1.54, 1.807) is 17.0 Å². The van der Waals surface area contributed by atoms with Crippen LogP contribution in [0.5, 0.6) is 5.75 Å². The van der Waals surface area contributed by atoms with E-state index in [-0.39, 0.29) is 22.6 Å². The molecule has 1 aromatic heterocycles. The standard InChI is InChI=1S/C20H25ClN2O4S2/c1-3-23(13-16-9-11-19(21)28-16)20(24)14-8-10-17(27-2)18(12-14)29(25,26)22-15-6-4-5-7-15/h8-12,15,22H,3-7,13H2,1-2H3. The maximum atomic E-state index is 13.1. The van der Waals surface area contributed by atoms with E-state index < -0.39 is 10.0 Å². The molecule has 29 heavy (non-hydrogen) atoms. The van der Waals surface area contributed by atoms with Gasteiger partial charge in [-0.25, -0.2) is 13.1 Å². The van der Waals surface area contributed by atoms with E-state index in [9.17, 15) is 13.2 Å². The zero-order valence-corrected chi connectivity index (χ0v) is 18.9. The van der Waals surface area contributed by atoms with Gasteiger partial charge in [0.25, 0.3) is 5.91 Å². The maximum Gasteiger partial charge on any atom is 0.254 e. The summed E-state index contributed by atoms with van der Waals surface area (Å²) in [4.78, 5) is 15.7. The Morgan fingerprint density at radius 1 is 1.28 bits per heavy atom. The van der Waals surface area contributed by atoms with Gasteiger partial charge in [-0.3, -0.25) is 4.79 Å². The van der Waals surface area contributed by atoms with Crippen molar-refractivity contribution < 1.29 is 17.9 Å². The monoisotopic (exact) mass is 456 g/mol. The maximum absolute atomic E-state index is 13.1. The first-order chi connectivity index (χ1) is 13.8. The minimum absolute atomic E-state index is 0.00651. The van der Waals surface area contributed by atoms with E-state index in [0.29, 0.717) is 23.0 Å². The number of carbonyl (C=O) groups is 1. The van der Waals surface area contributed by atoms with Crippen LogP contribution in [0.2, 0.25) is 4.34 Å². The highest BCUT2D eigenvalue weighted by Gasteiger charge is 2.27. The normalized spacial score (nSPS) is 14.9. The number of nitrogens with one attached hydrogen (secondary N) is 1. The van der Waals surface area contributed by atoms with Crippen LogP contribution in [0.3, 0.4) is 0 Å². The molecule has 158 valence electrons. The molecule has 1 aliphatic carbocycles. The number of sulfonamides is 1. The number of halogens is 1. The summed E-state index contributed by atoms with van der Waals surface area (Å²) >= 11 is 7.41. The molecule has 9 heteroatoms. The number of nitrogens with zero attached hydrogens (tertiary/aromatic N) is 1. The summed E-state index contributed by atoms with van der Waals surface area (Å²) in [5.41, 5.74) is 0.308. The molecule has 1 N–H and O–H groups in total. The lowest BCUT2D eigenvalue weighted by Crippen LogP contribution is -2.33. The van der Waals surface area contributed by atoms with Gasteiger partial charge >= 0.3 is 0 Å². The summed E-state index contributed by atoms with van der Waals surface area (Å²) in [6.45, 7) is 2.79. The SMILES string of the molecule is CCN(Cc1ccc(Cl)s1)C(=O)c1ccc(OC)c(S(=O)(=O)NC2CCCC2)c1. The van der Waals surface area contributed by atoms with E-state index >= 15 is 0 Å². The molecule has 2 aromatic rings. The first-order valence-corrected chi connectivity index (χ1v) is 12.3. The van der Waals surface area contributed by atoms with E-state index in [4.69, 9.17) is 16.3 Å². The highest BCUT2D eigenvalue weighted by atomic mass is 35.5. The van der Waals surface area contributed by atoms with Gasteiger partial charge in [0.1, 0.15) is 10.6 Å². The van der Waals surface area contributed by atoms with E-state index in [1.807, 2.05) is 13.0 Å². The van der Waals surface area contributed by atoms with Crippen molar-refractivity contribution in [1.82, 2.24) is 9.62 Å². The molecule has 0 bridgehead atoms. The van der Waals surface area contributed by atoms with Gasteiger partial charge in [-0.05, 0) is 50.1 Å². The number of rotatable bonds is 8. The predicted octanol–water partition coefficient (Wildman–Crippen LogP) is 4.29. The van der Waals surface area contributed by atoms with Crippen LogP contribution in [0.1, 0.15) is 47.8 Å². The lowest BCUT2D eigenvalue weighted by atomic mass is 10.2. The Labute approximate surface area is 180 Å². The molecule has 0 unspecified atom stereocenters. The summed E-state index contributed by atoms with van der Waals surface area (Å²) < 4.78 is 34.6. The Morgan fingerprint density at radius 2 is 2.00 bits per heavy atom. The van der Waals surface area contributed by atoms with E-state index in [1.165, 1.54) is 30.6 Å². The largest absolute Gasteiger partial charge is 0.495 e. The zero-order chi connectivity index (χ0) is 21.0. The number of amides is 1. The fraction of sp³-hybridized carbons (Fsp3) is 0.450. The quantitative estimate of drug-likeness (QED) is 0.642. The van der Waals surface area contributed by atoms with Gasteiger partial charge in [-0.15, -0.1) is 11.3 Å². The minimum Gasteiger partial charge on any atom is -0.495 e. The number of methoxy groups -OCH3 is 1. The van der Waals surface area contributed by atoms with Crippen LogP contribution in [0.4, 0.5) is 0 Å². The summed E-state index contributed by atoms with van der Waals surface area (Å²) in [7, 11) is -2.37. The van der Waals surface area contributed by atoms with Crippen molar-refractivity contribution in [3.63, 3.8) is 0 Å². The summed E-state index contributed by atoms with van der Waals surface area (Å²) in [5, 5.41) is 0. The highest BCUT2D eigenvalue weighted by Crippen LogP contribution is 2.28. The molecule has 6 nitrogen and oxygen atoms in total. The van der Waals surface area contributed by atoms with Gasteiger partial charge < -0.3 is 9.64 Å². The Hall–Kier alpha value is -1.61. The molecule has 1 aromatic carbocycles. The second kappa shape index (κ2) is 9.47. The Kier molecular flexibility index (Phi) is 7.21. The molecule has 1 saturated carbocycles. The first-order valence-electron chi connectivity index (χ1n) is 9.58. The van der Waals surface area contributed by atoms with Crippen LogP contribution in [0.25, 0.3) is 0 Å². The Balaban J connectivity index is 1.87. The topological polar surface area (TPSA) is 75.7 Å². The molecular formula is C20H25ClN2O4S2. The fourth-order valence-electron chi connectivity index (χ4n) is 3.48. The summed E-state index contributed by atoms with van der Waals surface area (Å²) in [6.07, 6.45) is 3.68. The Bertz CT molecular complexity index is 969. The van der Waals surface area contributed by atoms with Gasteiger partial charge in [-0.1, -0.05) is 24.4 Å². The summed E-state index contributed by atoms with van der Waals surface area (Å²) in [6, 6.07) is 8.15. The average Bonchev–Trinajstić information content (AvgIpc) is 3.36. The smallest absolute Gasteiger partial charge is 0.254 e. The summed E-state index contributed by atoms with van der Waals surface area (Å²) in [5.74, 6) is -0.0166. The number of carbonyl (C=O) groups excluding carboxylic acids is 1. The van der Waals surface area contributed by atoms with E-state index in [2.05, 4.69) is 4.72 Å². The average molecular weight is 457 g/mol. The second-order valence-electron chi connectivity index (χ2n) is 6.99. The van der Waals surface area contributed by atoms with Crippen LogP contribution in [0, 0.1) is 0 Å². The second-order valence-corrected chi connectivity index (χ2v) is 10.5. The molecule has 3 rings (SSSR count). The van der Waals surface area contributed by atoms with Gasteiger partial charge in [0.15, 0.2) is 0 Å². The van der Waals surface area contributed by atoms with Crippen molar-refractivity contribution in [1.29, 1.82) is 0 Å². The van der Waals surface area contributed by atoms with Gasteiger partial charge in [-0.2, -0.15) is 0 Å². The molecule has 0 spiro atoms. The van der Waals surface area contributed by atoms with Crippen LogP contribution < -0.4 is 9.46 Å². The van der Waals surface area contributed by atoms with Crippen molar-refractivity contribution >= 4 is 38.9 Å². The number of ether oxygens (including phenoxy) is 1. The van der Waals surface area contributed by atoms with Crippen molar-refractivity contribution in [2.24, 2.45) is 0 Å². The third-order valence-electron chi connectivity index (χ3n) is 5.02. The lowest BCUT2D eigenvalue weighted by molar-refractivity contribution is 0.0754. The van der Waals surface area contributed by atoms with Crippen molar-refractivity contribution in [3.05, 3.63) is 45.1 Å². The van der Waals surface area contributed by atoms with Crippen LogP contribution in [-0.4, -0.2) is 38.9 Å². The van der Waals surface area contributed by atoms with Crippen molar-refractivity contribution in [3.8, 4) is 5.75 Å². The third-order valence-corrected chi connectivity index (χ3v) is 7.78.